The highest BCUT2D eigenvalue weighted by molar-refractivity contribution is 6.30. The van der Waals surface area contributed by atoms with Crippen molar-refractivity contribution in [2.45, 2.75) is 52.6 Å². The fourth-order valence-electron chi connectivity index (χ4n) is 2.75. The van der Waals surface area contributed by atoms with Crippen LogP contribution in [0.1, 0.15) is 46.1 Å². The van der Waals surface area contributed by atoms with Crippen LogP contribution in [0.2, 0.25) is 5.02 Å². The summed E-state index contributed by atoms with van der Waals surface area (Å²) in [6.45, 7) is 8.60. The fraction of sp³-hybridized carbons (Fsp3) is 0.625. The lowest BCUT2D eigenvalue weighted by atomic mass is 9.84. The second-order valence-electron chi connectivity index (χ2n) is 6.24. The molecule has 102 valence electrons. The van der Waals surface area contributed by atoms with Crippen molar-refractivity contribution in [3.8, 4) is 0 Å². The third kappa shape index (κ3) is 5.88. The summed E-state index contributed by atoms with van der Waals surface area (Å²) in [5, 5.41) is 11.2. The van der Waals surface area contributed by atoms with Crippen LogP contribution >= 0.6 is 11.6 Å². The first-order valence-corrected chi connectivity index (χ1v) is 7.13. The van der Waals surface area contributed by atoms with E-state index in [4.69, 9.17) is 11.6 Å². The van der Waals surface area contributed by atoms with Gasteiger partial charge >= 0.3 is 0 Å². The Morgan fingerprint density at radius 1 is 1.17 bits per heavy atom. The molecule has 0 aliphatic carbocycles. The maximum atomic E-state index is 10.5. The van der Waals surface area contributed by atoms with Gasteiger partial charge in [0.15, 0.2) is 0 Å². The highest BCUT2D eigenvalue weighted by Crippen LogP contribution is 2.26. The highest BCUT2D eigenvalue weighted by Gasteiger charge is 2.24. The van der Waals surface area contributed by atoms with Crippen LogP contribution in [-0.4, -0.2) is 10.7 Å². The largest absolute Gasteiger partial charge is 0.390 e. The molecule has 0 bridgehead atoms. The van der Waals surface area contributed by atoms with E-state index in [2.05, 4.69) is 20.8 Å². The molecule has 0 amide bonds. The summed E-state index contributed by atoms with van der Waals surface area (Å²) in [6, 6.07) is 7.74. The third-order valence-electron chi connectivity index (χ3n) is 3.16. The first kappa shape index (κ1) is 15.5. The molecule has 0 fully saturated rings. The van der Waals surface area contributed by atoms with E-state index in [9.17, 15) is 5.11 Å². The predicted molar refractivity (Wildman–Crippen MR) is 79.0 cm³/mol. The summed E-state index contributed by atoms with van der Waals surface area (Å²) in [6.07, 6.45) is 2.69. The molecule has 1 N–H and O–H groups in total. The first-order chi connectivity index (χ1) is 8.28. The lowest BCUT2D eigenvalue weighted by molar-refractivity contribution is 0.0336. The van der Waals surface area contributed by atoms with Gasteiger partial charge < -0.3 is 5.11 Å². The van der Waals surface area contributed by atoms with Crippen molar-refractivity contribution in [2.75, 3.05) is 0 Å². The van der Waals surface area contributed by atoms with Crippen molar-refractivity contribution in [3.05, 3.63) is 34.9 Å². The number of halogens is 1. The van der Waals surface area contributed by atoms with Crippen LogP contribution in [0, 0.1) is 11.8 Å². The summed E-state index contributed by atoms with van der Waals surface area (Å²) < 4.78 is 0. The van der Waals surface area contributed by atoms with E-state index in [1.807, 2.05) is 31.2 Å². The summed E-state index contributed by atoms with van der Waals surface area (Å²) in [5.74, 6) is 1.23. The smallest absolute Gasteiger partial charge is 0.0662 e. The Balaban J connectivity index is 2.55. The maximum absolute atomic E-state index is 10.5. The Labute approximate surface area is 116 Å². The van der Waals surface area contributed by atoms with Gasteiger partial charge in [0.05, 0.1) is 5.60 Å². The van der Waals surface area contributed by atoms with Gasteiger partial charge in [-0.05, 0) is 49.3 Å². The van der Waals surface area contributed by atoms with Gasteiger partial charge in [0.25, 0.3) is 0 Å². The maximum Gasteiger partial charge on any atom is 0.0662 e. The van der Waals surface area contributed by atoms with Crippen molar-refractivity contribution in [1.29, 1.82) is 0 Å². The van der Waals surface area contributed by atoms with E-state index in [0.29, 0.717) is 18.3 Å². The van der Waals surface area contributed by atoms with Gasteiger partial charge in [-0.3, -0.25) is 0 Å². The fourth-order valence-corrected chi connectivity index (χ4v) is 2.88. The van der Waals surface area contributed by atoms with Crippen LogP contribution in [0.25, 0.3) is 0 Å². The number of aliphatic hydroxyl groups is 1. The first-order valence-electron chi connectivity index (χ1n) is 6.75. The average Bonchev–Trinajstić information content (AvgIpc) is 2.18. The number of benzene rings is 1. The Kier molecular flexibility index (Phi) is 5.68. The van der Waals surface area contributed by atoms with Crippen molar-refractivity contribution < 1.29 is 5.11 Å². The number of rotatable bonds is 6. The molecule has 0 saturated heterocycles. The quantitative estimate of drug-likeness (QED) is 0.792. The van der Waals surface area contributed by atoms with Crippen LogP contribution in [0.3, 0.4) is 0 Å². The van der Waals surface area contributed by atoms with Gasteiger partial charge in [0.1, 0.15) is 0 Å². The molecular formula is C16H25ClO. The second kappa shape index (κ2) is 6.58. The summed E-state index contributed by atoms with van der Waals surface area (Å²) in [7, 11) is 0. The molecule has 0 aromatic heterocycles. The van der Waals surface area contributed by atoms with Crippen LogP contribution in [0.15, 0.2) is 24.3 Å². The molecule has 1 nitrogen and oxygen atoms in total. The van der Waals surface area contributed by atoms with Gasteiger partial charge in [-0.2, -0.15) is 0 Å². The van der Waals surface area contributed by atoms with Crippen molar-refractivity contribution in [3.63, 3.8) is 0 Å². The van der Waals surface area contributed by atoms with E-state index >= 15 is 0 Å². The predicted octanol–water partition coefficient (Wildman–Crippen LogP) is 4.71. The van der Waals surface area contributed by atoms with Crippen molar-refractivity contribution in [1.82, 2.24) is 0 Å². The molecule has 1 rings (SSSR count). The minimum absolute atomic E-state index is 0.548. The van der Waals surface area contributed by atoms with Crippen LogP contribution in [-0.2, 0) is 6.42 Å². The minimum atomic E-state index is -0.637. The molecule has 0 spiro atoms. The molecule has 2 heteroatoms. The van der Waals surface area contributed by atoms with E-state index in [-0.39, 0.29) is 0 Å². The normalized spacial score (nSPS) is 16.6. The zero-order valence-corrected chi connectivity index (χ0v) is 12.7. The molecule has 1 aromatic rings. The molecule has 0 radical (unpaired) electrons. The van der Waals surface area contributed by atoms with Gasteiger partial charge in [0, 0.05) is 11.4 Å². The second-order valence-corrected chi connectivity index (χ2v) is 6.68. The summed E-state index contributed by atoms with van der Waals surface area (Å²) >= 11 is 5.86. The van der Waals surface area contributed by atoms with Crippen LogP contribution in [0.4, 0.5) is 0 Å². The monoisotopic (exact) mass is 268 g/mol. The Hall–Kier alpha value is -0.530. The lowest BCUT2D eigenvalue weighted by Crippen LogP contribution is -2.30. The zero-order valence-electron chi connectivity index (χ0n) is 11.9. The highest BCUT2D eigenvalue weighted by atomic mass is 35.5. The van der Waals surface area contributed by atoms with Crippen LogP contribution in [0.5, 0.6) is 0 Å². The van der Waals surface area contributed by atoms with E-state index < -0.39 is 5.60 Å². The standard InChI is InChI=1S/C16H25ClO/c1-12(2)9-13(3)10-16(4,18)11-14-5-7-15(17)8-6-14/h5-8,12-13,18H,9-11H2,1-4H3. The van der Waals surface area contributed by atoms with Gasteiger partial charge in [-0.25, -0.2) is 0 Å². The summed E-state index contributed by atoms with van der Waals surface area (Å²) in [5.41, 5.74) is 0.503. The SMILES string of the molecule is CC(C)CC(C)CC(C)(O)Cc1ccc(Cl)cc1. The van der Waals surface area contributed by atoms with Gasteiger partial charge in [-0.1, -0.05) is 44.5 Å². The molecule has 1 aromatic carbocycles. The van der Waals surface area contributed by atoms with Crippen LogP contribution < -0.4 is 0 Å². The Bertz CT molecular complexity index is 354. The average molecular weight is 269 g/mol. The Morgan fingerprint density at radius 3 is 2.22 bits per heavy atom. The molecule has 0 heterocycles. The molecule has 0 aliphatic rings. The topological polar surface area (TPSA) is 20.2 Å². The summed E-state index contributed by atoms with van der Waals surface area (Å²) in [4.78, 5) is 0. The van der Waals surface area contributed by atoms with E-state index in [1.54, 1.807) is 0 Å². The van der Waals surface area contributed by atoms with E-state index in [0.717, 1.165) is 23.4 Å². The minimum Gasteiger partial charge on any atom is -0.390 e. The molecule has 0 aliphatic heterocycles. The molecule has 18 heavy (non-hydrogen) atoms. The Morgan fingerprint density at radius 2 is 1.72 bits per heavy atom. The van der Waals surface area contributed by atoms with E-state index in [1.165, 1.54) is 0 Å². The molecule has 2 unspecified atom stereocenters. The third-order valence-corrected chi connectivity index (χ3v) is 3.41. The number of hydrogen-bond donors (Lipinski definition) is 1. The van der Waals surface area contributed by atoms with Gasteiger partial charge in [-0.15, -0.1) is 0 Å². The number of hydrogen-bond acceptors (Lipinski definition) is 1. The lowest BCUT2D eigenvalue weighted by Gasteiger charge is -2.27. The van der Waals surface area contributed by atoms with Crippen molar-refractivity contribution in [2.24, 2.45) is 11.8 Å². The molecular weight excluding hydrogens is 244 g/mol. The van der Waals surface area contributed by atoms with Gasteiger partial charge in [0.2, 0.25) is 0 Å². The zero-order chi connectivity index (χ0) is 13.8. The van der Waals surface area contributed by atoms with Crippen molar-refractivity contribution >= 4 is 11.6 Å². The molecule has 2 atom stereocenters. The molecule has 0 saturated carbocycles.